The molecule has 0 aliphatic rings. The van der Waals surface area contributed by atoms with Crippen LogP contribution in [0.25, 0.3) is 0 Å². The van der Waals surface area contributed by atoms with Crippen molar-refractivity contribution in [2.75, 3.05) is 5.32 Å². The zero-order chi connectivity index (χ0) is 13.8. The van der Waals surface area contributed by atoms with Gasteiger partial charge in [-0.2, -0.15) is 0 Å². The predicted molar refractivity (Wildman–Crippen MR) is 73.3 cm³/mol. The standard InChI is InChI=1S/C14H15N3O2/c1-9(2)10-5-3-4-6-11(10)17-14(19)12-7-16-13(18)8-15-12/h3-9H,1-2H3,(H,16,18)(H,17,19). The lowest BCUT2D eigenvalue weighted by Gasteiger charge is -2.13. The first-order valence-electron chi connectivity index (χ1n) is 6.03. The molecule has 0 aliphatic carbocycles. The number of benzene rings is 1. The zero-order valence-electron chi connectivity index (χ0n) is 10.8. The summed E-state index contributed by atoms with van der Waals surface area (Å²) in [6, 6.07) is 7.62. The number of hydrogen-bond donors (Lipinski definition) is 2. The minimum absolute atomic E-state index is 0.179. The van der Waals surface area contributed by atoms with Gasteiger partial charge in [-0.05, 0) is 17.5 Å². The van der Waals surface area contributed by atoms with Gasteiger partial charge in [-0.3, -0.25) is 9.59 Å². The number of nitrogens with zero attached hydrogens (tertiary/aromatic N) is 1. The average Bonchev–Trinajstić information content (AvgIpc) is 2.39. The molecule has 98 valence electrons. The van der Waals surface area contributed by atoms with Crippen LogP contribution in [0.4, 0.5) is 5.69 Å². The third-order valence-corrected chi connectivity index (χ3v) is 2.74. The number of aromatic nitrogens is 2. The van der Waals surface area contributed by atoms with Crippen molar-refractivity contribution in [3.8, 4) is 0 Å². The highest BCUT2D eigenvalue weighted by Gasteiger charge is 2.11. The maximum atomic E-state index is 12.0. The highest BCUT2D eigenvalue weighted by Crippen LogP contribution is 2.23. The van der Waals surface area contributed by atoms with Crippen LogP contribution in [0.3, 0.4) is 0 Å². The second-order valence-electron chi connectivity index (χ2n) is 4.49. The maximum absolute atomic E-state index is 12.0. The first-order chi connectivity index (χ1) is 9.08. The van der Waals surface area contributed by atoms with Crippen molar-refractivity contribution in [1.82, 2.24) is 9.97 Å². The molecule has 0 atom stereocenters. The number of anilines is 1. The fraction of sp³-hybridized carbons (Fsp3) is 0.214. The number of amides is 1. The zero-order valence-corrected chi connectivity index (χ0v) is 10.8. The number of hydrogen-bond acceptors (Lipinski definition) is 3. The number of rotatable bonds is 3. The number of aromatic amines is 1. The van der Waals surface area contributed by atoms with E-state index in [1.54, 1.807) is 0 Å². The van der Waals surface area contributed by atoms with Crippen LogP contribution in [0, 0.1) is 0 Å². The van der Waals surface area contributed by atoms with Gasteiger partial charge < -0.3 is 10.3 Å². The summed E-state index contributed by atoms with van der Waals surface area (Å²) in [6.07, 6.45) is 2.39. The molecule has 0 spiro atoms. The van der Waals surface area contributed by atoms with Gasteiger partial charge in [0.2, 0.25) is 0 Å². The van der Waals surface area contributed by atoms with E-state index in [1.807, 2.05) is 24.3 Å². The van der Waals surface area contributed by atoms with E-state index in [0.717, 1.165) is 17.4 Å². The van der Waals surface area contributed by atoms with E-state index in [-0.39, 0.29) is 17.2 Å². The molecule has 0 fully saturated rings. The third-order valence-electron chi connectivity index (χ3n) is 2.74. The smallest absolute Gasteiger partial charge is 0.275 e. The van der Waals surface area contributed by atoms with Gasteiger partial charge >= 0.3 is 0 Å². The Morgan fingerprint density at radius 3 is 2.68 bits per heavy atom. The van der Waals surface area contributed by atoms with Crippen molar-refractivity contribution in [1.29, 1.82) is 0 Å². The lowest BCUT2D eigenvalue weighted by atomic mass is 10.0. The lowest BCUT2D eigenvalue weighted by Crippen LogP contribution is -2.17. The number of nitrogens with one attached hydrogen (secondary N) is 2. The molecule has 0 aliphatic heterocycles. The molecule has 2 rings (SSSR count). The molecule has 0 saturated carbocycles. The topological polar surface area (TPSA) is 74.8 Å². The third kappa shape index (κ3) is 3.07. The maximum Gasteiger partial charge on any atom is 0.275 e. The molecule has 0 unspecified atom stereocenters. The Bertz CT molecular complexity index is 627. The second-order valence-corrected chi connectivity index (χ2v) is 4.49. The number of para-hydroxylation sites is 1. The number of H-pyrrole nitrogens is 1. The number of carbonyl (C=O) groups is 1. The SMILES string of the molecule is CC(C)c1ccccc1NC(=O)c1c[nH]c(=O)cn1. The molecule has 5 heteroatoms. The summed E-state index contributed by atoms with van der Waals surface area (Å²) >= 11 is 0. The van der Waals surface area contributed by atoms with Gasteiger partial charge in [0.05, 0.1) is 6.20 Å². The second kappa shape index (κ2) is 5.48. The highest BCUT2D eigenvalue weighted by molar-refractivity contribution is 6.03. The van der Waals surface area contributed by atoms with Crippen LogP contribution < -0.4 is 10.9 Å². The molecule has 19 heavy (non-hydrogen) atoms. The van der Waals surface area contributed by atoms with Crippen molar-refractivity contribution >= 4 is 11.6 Å². The molecule has 1 aromatic carbocycles. The van der Waals surface area contributed by atoms with Crippen LogP contribution in [0.5, 0.6) is 0 Å². The van der Waals surface area contributed by atoms with Gasteiger partial charge in [0.25, 0.3) is 11.5 Å². The van der Waals surface area contributed by atoms with Crippen molar-refractivity contribution in [2.45, 2.75) is 19.8 Å². The van der Waals surface area contributed by atoms with Crippen molar-refractivity contribution < 1.29 is 4.79 Å². The van der Waals surface area contributed by atoms with Crippen LogP contribution in [0.2, 0.25) is 0 Å². The van der Waals surface area contributed by atoms with E-state index < -0.39 is 0 Å². The molecule has 0 radical (unpaired) electrons. The first kappa shape index (κ1) is 13.0. The molecule has 1 heterocycles. The van der Waals surface area contributed by atoms with Crippen LogP contribution in [0.15, 0.2) is 41.5 Å². The van der Waals surface area contributed by atoms with Crippen molar-refractivity contribution in [3.63, 3.8) is 0 Å². The Hall–Kier alpha value is -2.43. The van der Waals surface area contributed by atoms with Crippen molar-refractivity contribution in [2.24, 2.45) is 0 Å². The minimum Gasteiger partial charge on any atom is -0.325 e. The van der Waals surface area contributed by atoms with Gasteiger partial charge in [-0.25, -0.2) is 4.98 Å². The highest BCUT2D eigenvalue weighted by atomic mass is 16.2. The Morgan fingerprint density at radius 1 is 1.32 bits per heavy atom. The average molecular weight is 257 g/mol. The molecule has 0 bridgehead atoms. The molecule has 2 N–H and O–H groups in total. The van der Waals surface area contributed by atoms with Crippen LogP contribution in [0.1, 0.15) is 35.8 Å². The monoisotopic (exact) mass is 257 g/mol. The Morgan fingerprint density at radius 2 is 2.05 bits per heavy atom. The van der Waals surface area contributed by atoms with E-state index in [1.165, 1.54) is 6.20 Å². The number of carbonyl (C=O) groups excluding carboxylic acids is 1. The predicted octanol–water partition coefficient (Wildman–Crippen LogP) is 2.15. The van der Waals surface area contributed by atoms with Gasteiger partial charge in [0.15, 0.2) is 0 Å². The summed E-state index contributed by atoms with van der Waals surface area (Å²) in [6.45, 7) is 4.12. The normalized spacial score (nSPS) is 10.5. The Kier molecular flexibility index (Phi) is 3.75. The van der Waals surface area contributed by atoms with E-state index in [4.69, 9.17) is 0 Å². The quantitative estimate of drug-likeness (QED) is 0.884. The fourth-order valence-electron chi connectivity index (χ4n) is 1.77. The summed E-state index contributed by atoms with van der Waals surface area (Å²) in [4.78, 5) is 29.1. The van der Waals surface area contributed by atoms with E-state index in [9.17, 15) is 9.59 Å². The van der Waals surface area contributed by atoms with Crippen molar-refractivity contribution in [3.05, 3.63) is 58.3 Å². The summed E-state index contributed by atoms with van der Waals surface area (Å²) in [5.41, 5.74) is 1.66. The van der Waals surface area contributed by atoms with E-state index in [0.29, 0.717) is 5.92 Å². The van der Waals surface area contributed by atoms with Gasteiger partial charge in [-0.15, -0.1) is 0 Å². The van der Waals surface area contributed by atoms with Crippen LogP contribution in [-0.4, -0.2) is 15.9 Å². The molecular weight excluding hydrogens is 242 g/mol. The van der Waals surface area contributed by atoms with E-state index in [2.05, 4.69) is 29.1 Å². The molecular formula is C14H15N3O2. The van der Waals surface area contributed by atoms with Crippen LogP contribution in [-0.2, 0) is 0 Å². The van der Waals surface area contributed by atoms with Gasteiger partial charge in [0, 0.05) is 11.9 Å². The minimum atomic E-state index is -0.343. The van der Waals surface area contributed by atoms with Gasteiger partial charge in [0.1, 0.15) is 5.69 Å². The van der Waals surface area contributed by atoms with Gasteiger partial charge in [-0.1, -0.05) is 32.0 Å². The van der Waals surface area contributed by atoms with Crippen LogP contribution >= 0.6 is 0 Å². The molecule has 5 nitrogen and oxygen atoms in total. The first-order valence-corrected chi connectivity index (χ1v) is 6.03. The lowest BCUT2D eigenvalue weighted by molar-refractivity contribution is 0.102. The molecule has 0 saturated heterocycles. The summed E-state index contributed by atoms with van der Waals surface area (Å²) in [5, 5.41) is 2.80. The largest absolute Gasteiger partial charge is 0.325 e. The molecule has 2 aromatic rings. The Labute approximate surface area is 110 Å². The molecule has 1 aromatic heterocycles. The summed E-state index contributed by atoms with van der Waals surface area (Å²) in [5.74, 6) is -0.0376. The summed E-state index contributed by atoms with van der Waals surface area (Å²) in [7, 11) is 0. The fourth-order valence-corrected chi connectivity index (χ4v) is 1.77. The Balaban J connectivity index is 2.24. The van der Waals surface area contributed by atoms with E-state index >= 15 is 0 Å². The molecule has 1 amide bonds. The summed E-state index contributed by atoms with van der Waals surface area (Å²) < 4.78 is 0.